The molecule has 3 aromatic carbocycles. The molecule has 3 aromatic rings. The zero-order chi connectivity index (χ0) is 22.1. The van der Waals surface area contributed by atoms with E-state index in [4.69, 9.17) is 0 Å². The van der Waals surface area contributed by atoms with E-state index in [9.17, 15) is 9.59 Å². The van der Waals surface area contributed by atoms with Crippen LogP contribution in [0.3, 0.4) is 0 Å². The van der Waals surface area contributed by atoms with Crippen LogP contribution in [0.15, 0.2) is 84.9 Å². The summed E-state index contributed by atoms with van der Waals surface area (Å²) in [6, 6.07) is 27.0. The van der Waals surface area contributed by atoms with E-state index in [-0.39, 0.29) is 24.9 Å². The third-order valence-corrected chi connectivity index (χ3v) is 4.86. The number of para-hydroxylation sites is 2. The Morgan fingerprint density at radius 1 is 0.710 bits per heavy atom. The lowest BCUT2D eigenvalue weighted by molar-refractivity contribution is -0.120. The second-order valence-electron chi connectivity index (χ2n) is 7.41. The van der Waals surface area contributed by atoms with Crippen molar-refractivity contribution in [3.8, 4) is 0 Å². The van der Waals surface area contributed by atoms with Crippen LogP contribution in [0.4, 0.5) is 17.1 Å². The molecule has 0 aliphatic rings. The third-order valence-electron chi connectivity index (χ3n) is 4.86. The normalized spacial score (nSPS) is 10.3. The van der Waals surface area contributed by atoms with E-state index in [2.05, 4.69) is 10.6 Å². The van der Waals surface area contributed by atoms with Crippen LogP contribution in [0.5, 0.6) is 0 Å². The van der Waals surface area contributed by atoms with E-state index in [0.29, 0.717) is 12.2 Å². The molecule has 0 radical (unpaired) electrons. The van der Waals surface area contributed by atoms with Gasteiger partial charge in [-0.1, -0.05) is 48.5 Å². The minimum absolute atomic E-state index is 0.0646. The number of hydrogen-bond acceptors (Lipinski definition) is 4. The van der Waals surface area contributed by atoms with Crippen molar-refractivity contribution >= 4 is 28.9 Å². The number of rotatable bonds is 9. The maximum absolute atomic E-state index is 12.4. The largest absolute Gasteiger partial charge is 0.365 e. The van der Waals surface area contributed by atoms with E-state index in [1.54, 1.807) is 0 Å². The number of nitrogens with zero attached hydrogens (tertiary/aromatic N) is 2. The van der Waals surface area contributed by atoms with E-state index in [1.165, 1.54) is 0 Å². The van der Waals surface area contributed by atoms with Crippen molar-refractivity contribution in [3.63, 3.8) is 0 Å². The molecule has 0 spiro atoms. The first-order valence-corrected chi connectivity index (χ1v) is 10.2. The Balaban J connectivity index is 1.48. The van der Waals surface area contributed by atoms with Gasteiger partial charge in [0.15, 0.2) is 0 Å². The summed E-state index contributed by atoms with van der Waals surface area (Å²) in [5, 5.41) is 5.86. The molecular formula is C25H28N4O2. The molecule has 0 atom stereocenters. The zero-order valence-electron chi connectivity index (χ0n) is 17.9. The molecule has 31 heavy (non-hydrogen) atoms. The predicted octanol–water partition coefficient (Wildman–Crippen LogP) is 3.51. The average Bonchev–Trinajstić information content (AvgIpc) is 2.79. The van der Waals surface area contributed by atoms with Gasteiger partial charge in [-0.2, -0.15) is 0 Å². The SMILES string of the molecule is CN(CC(=O)NCc1cccc(NC(=O)CN(C)c2ccccc2)c1)c1ccccc1. The minimum Gasteiger partial charge on any atom is -0.365 e. The summed E-state index contributed by atoms with van der Waals surface area (Å²) in [4.78, 5) is 28.5. The molecule has 0 saturated heterocycles. The summed E-state index contributed by atoms with van der Waals surface area (Å²) in [5.74, 6) is -0.165. The van der Waals surface area contributed by atoms with Crippen molar-refractivity contribution in [1.29, 1.82) is 0 Å². The molecule has 3 rings (SSSR count). The molecule has 0 saturated carbocycles. The van der Waals surface area contributed by atoms with Gasteiger partial charge in [0.2, 0.25) is 11.8 Å². The Hall–Kier alpha value is -3.80. The van der Waals surface area contributed by atoms with Gasteiger partial charge in [0.25, 0.3) is 0 Å². The molecule has 0 fully saturated rings. The number of anilines is 3. The van der Waals surface area contributed by atoms with Crippen molar-refractivity contribution in [2.75, 3.05) is 42.3 Å². The highest BCUT2D eigenvalue weighted by atomic mass is 16.2. The Labute approximate surface area is 183 Å². The molecule has 0 aliphatic heterocycles. The molecule has 2 amide bonds. The van der Waals surface area contributed by atoms with Crippen molar-refractivity contribution in [2.45, 2.75) is 6.54 Å². The van der Waals surface area contributed by atoms with Gasteiger partial charge in [-0.05, 0) is 42.0 Å². The van der Waals surface area contributed by atoms with Gasteiger partial charge in [-0.3, -0.25) is 9.59 Å². The first kappa shape index (κ1) is 21.9. The number of hydrogen-bond donors (Lipinski definition) is 2. The molecular weight excluding hydrogens is 388 g/mol. The van der Waals surface area contributed by atoms with Crippen LogP contribution < -0.4 is 20.4 Å². The highest BCUT2D eigenvalue weighted by Crippen LogP contribution is 2.14. The Morgan fingerprint density at radius 2 is 1.26 bits per heavy atom. The number of carbonyl (C=O) groups excluding carboxylic acids is 2. The van der Waals surface area contributed by atoms with Gasteiger partial charge in [0, 0.05) is 37.7 Å². The predicted molar refractivity (Wildman–Crippen MR) is 126 cm³/mol. The number of likely N-dealkylation sites (N-methyl/N-ethyl adjacent to an activating group) is 2. The Kier molecular flexibility index (Phi) is 7.65. The fraction of sp³-hybridized carbons (Fsp3) is 0.200. The fourth-order valence-electron chi connectivity index (χ4n) is 3.19. The monoisotopic (exact) mass is 416 g/mol. The first-order chi connectivity index (χ1) is 15.0. The number of nitrogens with one attached hydrogen (secondary N) is 2. The lowest BCUT2D eigenvalue weighted by atomic mass is 10.2. The summed E-state index contributed by atoms with van der Waals surface area (Å²) in [6.45, 7) is 0.915. The quantitative estimate of drug-likeness (QED) is 0.560. The van der Waals surface area contributed by atoms with E-state index >= 15 is 0 Å². The van der Waals surface area contributed by atoms with Gasteiger partial charge >= 0.3 is 0 Å². The maximum Gasteiger partial charge on any atom is 0.243 e. The van der Waals surface area contributed by atoms with Crippen LogP contribution in [0, 0.1) is 0 Å². The summed E-state index contributed by atoms with van der Waals surface area (Å²) < 4.78 is 0. The van der Waals surface area contributed by atoms with Gasteiger partial charge < -0.3 is 20.4 Å². The van der Waals surface area contributed by atoms with Crippen LogP contribution in [-0.2, 0) is 16.1 Å². The molecule has 0 unspecified atom stereocenters. The smallest absolute Gasteiger partial charge is 0.243 e. The summed E-state index contributed by atoms with van der Waals surface area (Å²) in [5.41, 5.74) is 3.60. The third kappa shape index (κ3) is 6.89. The van der Waals surface area contributed by atoms with Gasteiger partial charge in [0.1, 0.15) is 0 Å². The lowest BCUT2D eigenvalue weighted by Crippen LogP contribution is -2.34. The Bertz CT molecular complexity index is 993. The highest BCUT2D eigenvalue weighted by molar-refractivity contribution is 5.94. The summed E-state index contributed by atoms with van der Waals surface area (Å²) in [7, 11) is 3.77. The van der Waals surface area contributed by atoms with Crippen LogP contribution >= 0.6 is 0 Å². The first-order valence-electron chi connectivity index (χ1n) is 10.2. The van der Waals surface area contributed by atoms with E-state index in [1.807, 2.05) is 109 Å². The Morgan fingerprint density at radius 3 is 1.84 bits per heavy atom. The zero-order valence-corrected chi connectivity index (χ0v) is 17.9. The summed E-state index contributed by atoms with van der Waals surface area (Å²) in [6.07, 6.45) is 0. The standard InChI is InChI=1S/C25H28N4O2/c1-28(22-12-5-3-6-13-22)18-24(30)26-17-20-10-9-11-21(16-20)27-25(31)19-29(2)23-14-7-4-8-15-23/h3-16H,17-19H2,1-2H3,(H,26,30)(H,27,31). The average molecular weight is 417 g/mol. The maximum atomic E-state index is 12.4. The summed E-state index contributed by atoms with van der Waals surface area (Å²) >= 11 is 0. The fourth-order valence-corrected chi connectivity index (χ4v) is 3.19. The van der Waals surface area contributed by atoms with Gasteiger partial charge in [-0.25, -0.2) is 0 Å². The van der Waals surface area contributed by atoms with E-state index in [0.717, 1.165) is 16.9 Å². The number of carbonyl (C=O) groups is 2. The van der Waals surface area contributed by atoms with Gasteiger partial charge in [-0.15, -0.1) is 0 Å². The van der Waals surface area contributed by atoms with Crippen molar-refractivity contribution in [1.82, 2.24) is 5.32 Å². The number of benzene rings is 3. The number of amides is 2. The minimum atomic E-state index is -0.1000. The molecule has 6 heteroatoms. The van der Waals surface area contributed by atoms with Gasteiger partial charge in [0.05, 0.1) is 13.1 Å². The highest BCUT2D eigenvalue weighted by Gasteiger charge is 2.09. The van der Waals surface area contributed by atoms with Crippen molar-refractivity contribution < 1.29 is 9.59 Å². The van der Waals surface area contributed by atoms with Crippen LogP contribution in [0.2, 0.25) is 0 Å². The lowest BCUT2D eigenvalue weighted by Gasteiger charge is -2.19. The molecule has 2 N–H and O–H groups in total. The second kappa shape index (κ2) is 10.8. The van der Waals surface area contributed by atoms with Crippen LogP contribution in [0.1, 0.15) is 5.56 Å². The second-order valence-corrected chi connectivity index (χ2v) is 7.41. The molecule has 0 heterocycles. The molecule has 160 valence electrons. The molecule has 0 aliphatic carbocycles. The molecule has 0 bridgehead atoms. The molecule has 0 aromatic heterocycles. The molecule has 6 nitrogen and oxygen atoms in total. The van der Waals surface area contributed by atoms with Crippen molar-refractivity contribution in [2.24, 2.45) is 0 Å². The van der Waals surface area contributed by atoms with Crippen LogP contribution in [-0.4, -0.2) is 39.0 Å². The topological polar surface area (TPSA) is 64.7 Å². The van der Waals surface area contributed by atoms with Crippen LogP contribution in [0.25, 0.3) is 0 Å². The van der Waals surface area contributed by atoms with Crippen molar-refractivity contribution in [3.05, 3.63) is 90.5 Å². The van der Waals surface area contributed by atoms with E-state index < -0.39 is 0 Å².